The minimum Gasteiger partial charge on any atom is -0.466 e. The molecule has 0 saturated heterocycles. The lowest BCUT2D eigenvalue weighted by Crippen LogP contribution is -2.45. The number of carbonyl (C=O) groups excluding carboxylic acids is 2. The minimum absolute atomic E-state index is 0.0208. The molecule has 0 aromatic carbocycles. The Balaban J connectivity index is 3.47. The number of rotatable bonds is 51. The van der Waals surface area contributed by atoms with Gasteiger partial charge in [-0.25, -0.2) is 0 Å². The number of nitrogens with one attached hydrogen (secondary N) is 1. The molecule has 0 radical (unpaired) electrons. The summed E-state index contributed by atoms with van der Waals surface area (Å²) in [5, 5.41) is 23.3. The lowest BCUT2D eigenvalue weighted by atomic mass is 10.0. The van der Waals surface area contributed by atoms with Gasteiger partial charge in [-0.3, -0.25) is 9.59 Å². The molecule has 0 fully saturated rings. The van der Waals surface area contributed by atoms with Gasteiger partial charge in [-0.1, -0.05) is 251 Å². The molecule has 2 atom stereocenters. The van der Waals surface area contributed by atoms with E-state index in [0.29, 0.717) is 25.9 Å². The van der Waals surface area contributed by atoms with Crippen LogP contribution in [0.25, 0.3) is 0 Å². The molecule has 0 heterocycles. The molecule has 0 aromatic heterocycles. The summed E-state index contributed by atoms with van der Waals surface area (Å²) in [5.41, 5.74) is 0. The molecule has 61 heavy (non-hydrogen) atoms. The first kappa shape index (κ1) is 59.6. The number of hydrogen-bond acceptors (Lipinski definition) is 5. The fourth-order valence-corrected chi connectivity index (χ4v) is 8.58. The van der Waals surface area contributed by atoms with E-state index in [4.69, 9.17) is 4.74 Å². The number of hydrogen-bond donors (Lipinski definition) is 3. The molecule has 0 aromatic rings. The van der Waals surface area contributed by atoms with E-state index in [1.165, 1.54) is 212 Å². The second kappa shape index (κ2) is 51.2. The van der Waals surface area contributed by atoms with Crippen LogP contribution in [0.2, 0.25) is 0 Å². The van der Waals surface area contributed by atoms with E-state index >= 15 is 0 Å². The molecule has 0 spiro atoms. The molecule has 362 valence electrons. The summed E-state index contributed by atoms with van der Waals surface area (Å²) in [6, 6.07) is -0.555. The maximum Gasteiger partial charge on any atom is 0.305 e. The average molecular weight is 862 g/mol. The third-order valence-corrected chi connectivity index (χ3v) is 12.8. The maximum atomic E-state index is 12.5. The number of allylic oxidation sites excluding steroid dienone is 2. The molecule has 0 aliphatic carbocycles. The topological polar surface area (TPSA) is 95.9 Å². The smallest absolute Gasteiger partial charge is 0.305 e. The van der Waals surface area contributed by atoms with Gasteiger partial charge >= 0.3 is 5.97 Å². The number of amides is 1. The number of ether oxygens (including phenoxy) is 1. The van der Waals surface area contributed by atoms with Crippen LogP contribution in [0, 0.1) is 0 Å². The van der Waals surface area contributed by atoms with Crippen molar-refractivity contribution in [2.24, 2.45) is 0 Å². The van der Waals surface area contributed by atoms with Crippen molar-refractivity contribution in [2.75, 3.05) is 13.2 Å². The molecule has 0 bridgehead atoms. The first-order valence-corrected chi connectivity index (χ1v) is 27.4. The van der Waals surface area contributed by atoms with Crippen molar-refractivity contribution in [1.82, 2.24) is 5.32 Å². The summed E-state index contributed by atoms with van der Waals surface area (Å²) in [6.45, 7) is 4.92. The molecule has 2 unspecified atom stereocenters. The first-order chi connectivity index (χ1) is 30.0. The van der Waals surface area contributed by atoms with Crippen molar-refractivity contribution in [2.45, 2.75) is 315 Å². The van der Waals surface area contributed by atoms with Crippen molar-refractivity contribution in [3.63, 3.8) is 0 Å². The Morgan fingerprint density at radius 3 is 1.16 bits per heavy atom. The monoisotopic (exact) mass is 862 g/mol. The molecular formula is C55H107NO5. The van der Waals surface area contributed by atoms with Crippen LogP contribution in [-0.4, -0.2) is 47.4 Å². The molecule has 3 N–H and O–H groups in total. The van der Waals surface area contributed by atoms with Gasteiger partial charge in [-0.05, 0) is 51.4 Å². The SMILES string of the molecule is CCCCCCCC/C=C\CCCCCCCC(=O)OCCCCCCCCCCCCCC(=O)NC(CO)C(O)CCCCCCCCCCCCCCCCCCCC. The molecule has 0 aliphatic rings. The first-order valence-electron chi connectivity index (χ1n) is 27.4. The van der Waals surface area contributed by atoms with Crippen LogP contribution < -0.4 is 5.32 Å². The van der Waals surface area contributed by atoms with Crippen LogP contribution in [0.5, 0.6) is 0 Å². The lowest BCUT2D eigenvalue weighted by Gasteiger charge is -2.22. The normalized spacial score (nSPS) is 12.7. The van der Waals surface area contributed by atoms with Gasteiger partial charge in [-0.15, -0.1) is 0 Å². The van der Waals surface area contributed by atoms with Gasteiger partial charge in [0, 0.05) is 12.8 Å². The molecule has 0 aliphatic heterocycles. The van der Waals surface area contributed by atoms with E-state index in [9.17, 15) is 19.8 Å². The molecule has 6 heteroatoms. The lowest BCUT2D eigenvalue weighted by molar-refractivity contribution is -0.143. The predicted octanol–water partition coefficient (Wildman–Crippen LogP) is 16.5. The van der Waals surface area contributed by atoms with Gasteiger partial charge in [0.1, 0.15) is 0 Å². The van der Waals surface area contributed by atoms with Crippen LogP contribution >= 0.6 is 0 Å². The standard InChI is InChI=1S/C55H107NO5/c1-3-5-7-9-11-13-15-17-19-20-21-23-24-27-31-35-39-43-47-53(58)52(51-57)56-54(59)48-44-40-36-32-28-26-30-34-38-42-46-50-61-55(60)49-45-41-37-33-29-25-22-18-16-14-12-10-8-6-4-2/h18,22,52-53,57-58H,3-17,19-21,23-51H2,1-2H3,(H,56,59)/b22-18-. The van der Waals surface area contributed by atoms with Crippen LogP contribution in [0.1, 0.15) is 303 Å². The summed E-state index contributed by atoms with van der Waals surface area (Å²) in [4.78, 5) is 24.5. The Morgan fingerprint density at radius 2 is 0.770 bits per heavy atom. The number of unbranched alkanes of at least 4 members (excludes halogenated alkanes) is 38. The highest BCUT2D eigenvalue weighted by Crippen LogP contribution is 2.17. The molecule has 0 rings (SSSR count). The third-order valence-electron chi connectivity index (χ3n) is 12.8. The zero-order valence-corrected chi connectivity index (χ0v) is 41.2. The number of esters is 1. The zero-order valence-electron chi connectivity index (χ0n) is 41.2. The van der Waals surface area contributed by atoms with E-state index in [1.807, 2.05) is 0 Å². The van der Waals surface area contributed by atoms with E-state index in [1.54, 1.807) is 0 Å². The second-order valence-electron chi connectivity index (χ2n) is 18.9. The largest absolute Gasteiger partial charge is 0.466 e. The summed E-state index contributed by atoms with van der Waals surface area (Å²) in [7, 11) is 0. The van der Waals surface area contributed by atoms with Gasteiger partial charge < -0.3 is 20.3 Å². The van der Waals surface area contributed by atoms with Crippen molar-refractivity contribution < 1.29 is 24.5 Å². The van der Waals surface area contributed by atoms with Crippen LogP contribution in [0.15, 0.2) is 12.2 Å². The fourth-order valence-electron chi connectivity index (χ4n) is 8.58. The summed E-state index contributed by atoms with van der Waals surface area (Å²) in [5.74, 6) is -0.0725. The van der Waals surface area contributed by atoms with Crippen LogP contribution in [-0.2, 0) is 14.3 Å². The minimum atomic E-state index is -0.676. The van der Waals surface area contributed by atoms with Crippen molar-refractivity contribution >= 4 is 11.9 Å². The summed E-state index contributed by atoms with van der Waals surface area (Å²) in [6.07, 6.45) is 59.0. The van der Waals surface area contributed by atoms with Crippen LogP contribution in [0.3, 0.4) is 0 Å². The highest BCUT2D eigenvalue weighted by molar-refractivity contribution is 5.76. The van der Waals surface area contributed by atoms with Gasteiger partial charge in [0.15, 0.2) is 0 Å². The van der Waals surface area contributed by atoms with E-state index < -0.39 is 12.1 Å². The van der Waals surface area contributed by atoms with E-state index in [0.717, 1.165) is 57.8 Å². The molecule has 6 nitrogen and oxygen atoms in total. The Morgan fingerprint density at radius 1 is 0.443 bits per heavy atom. The second-order valence-corrected chi connectivity index (χ2v) is 18.9. The van der Waals surface area contributed by atoms with Crippen molar-refractivity contribution in [3.05, 3.63) is 12.2 Å². The van der Waals surface area contributed by atoms with Gasteiger partial charge in [0.2, 0.25) is 5.91 Å². The van der Waals surface area contributed by atoms with Gasteiger partial charge in [-0.2, -0.15) is 0 Å². The van der Waals surface area contributed by atoms with Crippen molar-refractivity contribution in [3.8, 4) is 0 Å². The Labute approximate surface area is 380 Å². The highest BCUT2D eigenvalue weighted by atomic mass is 16.5. The molecule has 0 saturated carbocycles. The Kier molecular flexibility index (Phi) is 50.1. The summed E-state index contributed by atoms with van der Waals surface area (Å²) < 4.78 is 5.46. The van der Waals surface area contributed by atoms with Gasteiger partial charge in [0.05, 0.1) is 25.4 Å². The van der Waals surface area contributed by atoms with E-state index in [-0.39, 0.29) is 18.5 Å². The third kappa shape index (κ3) is 47.9. The van der Waals surface area contributed by atoms with Crippen LogP contribution in [0.4, 0.5) is 0 Å². The van der Waals surface area contributed by atoms with Crippen molar-refractivity contribution in [1.29, 1.82) is 0 Å². The Hall–Kier alpha value is -1.40. The average Bonchev–Trinajstić information content (AvgIpc) is 3.26. The summed E-state index contributed by atoms with van der Waals surface area (Å²) >= 11 is 0. The predicted molar refractivity (Wildman–Crippen MR) is 264 cm³/mol. The highest BCUT2D eigenvalue weighted by Gasteiger charge is 2.20. The Bertz CT molecular complexity index is 909. The number of aliphatic hydroxyl groups excluding tert-OH is 2. The quantitative estimate of drug-likeness (QED) is 0.0322. The number of aliphatic hydroxyl groups is 2. The van der Waals surface area contributed by atoms with E-state index in [2.05, 4.69) is 31.3 Å². The molecule has 1 amide bonds. The zero-order chi connectivity index (χ0) is 44.4. The fraction of sp³-hybridized carbons (Fsp3) is 0.927. The number of carbonyl (C=O) groups is 2. The van der Waals surface area contributed by atoms with Gasteiger partial charge in [0.25, 0.3) is 0 Å². The molecular weight excluding hydrogens is 755 g/mol. The maximum absolute atomic E-state index is 12.5.